The zero-order chi connectivity index (χ0) is 15.5. The lowest BCUT2D eigenvalue weighted by Crippen LogP contribution is -2.41. The SMILES string of the molecule is CCCNc1nc(N2CCSCC2C)cc(C(F)(F)F)n1. The van der Waals surface area contributed by atoms with Crippen molar-refractivity contribution in [1.29, 1.82) is 0 Å². The number of anilines is 2. The molecule has 0 saturated carbocycles. The standard InChI is InChI=1S/C13H19F3N4S/c1-3-4-17-12-18-10(13(14,15)16)7-11(19-12)20-5-6-21-8-9(20)2/h7,9H,3-6,8H2,1-2H3,(H,17,18,19). The smallest absolute Gasteiger partial charge is 0.354 e. The molecule has 0 radical (unpaired) electrons. The highest BCUT2D eigenvalue weighted by Crippen LogP contribution is 2.32. The summed E-state index contributed by atoms with van der Waals surface area (Å²) in [5.41, 5.74) is -0.892. The van der Waals surface area contributed by atoms with Gasteiger partial charge in [-0.1, -0.05) is 6.92 Å². The van der Waals surface area contributed by atoms with Crippen LogP contribution in [0.15, 0.2) is 6.07 Å². The second-order valence-corrected chi connectivity index (χ2v) is 6.13. The Hall–Kier alpha value is -1.18. The zero-order valence-electron chi connectivity index (χ0n) is 12.1. The Labute approximate surface area is 126 Å². The van der Waals surface area contributed by atoms with Crippen LogP contribution in [0, 0.1) is 0 Å². The summed E-state index contributed by atoms with van der Waals surface area (Å²) >= 11 is 1.81. The monoisotopic (exact) mass is 320 g/mol. The first kappa shape index (κ1) is 16.2. The van der Waals surface area contributed by atoms with Gasteiger partial charge in [0.15, 0.2) is 5.69 Å². The van der Waals surface area contributed by atoms with Gasteiger partial charge in [-0.15, -0.1) is 0 Å². The molecule has 0 aliphatic carbocycles. The summed E-state index contributed by atoms with van der Waals surface area (Å²) in [7, 11) is 0. The van der Waals surface area contributed by atoms with E-state index in [-0.39, 0.29) is 12.0 Å². The van der Waals surface area contributed by atoms with Crippen LogP contribution in [0.5, 0.6) is 0 Å². The van der Waals surface area contributed by atoms with Crippen molar-refractivity contribution < 1.29 is 13.2 Å². The number of nitrogens with one attached hydrogen (secondary N) is 1. The zero-order valence-corrected chi connectivity index (χ0v) is 12.9. The quantitative estimate of drug-likeness (QED) is 0.922. The predicted octanol–water partition coefficient (Wildman–Crippen LogP) is 3.26. The second-order valence-electron chi connectivity index (χ2n) is 4.98. The maximum absolute atomic E-state index is 13.0. The highest BCUT2D eigenvalue weighted by Gasteiger charge is 2.34. The Balaban J connectivity index is 2.34. The fraction of sp³-hybridized carbons (Fsp3) is 0.692. The minimum atomic E-state index is -4.46. The third kappa shape index (κ3) is 4.15. The van der Waals surface area contributed by atoms with Crippen LogP contribution in [0.3, 0.4) is 0 Å². The van der Waals surface area contributed by atoms with Crippen molar-refractivity contribution in [3.05, 3.63) is 11.8 Å². The number of halogens is 3. The van der Waals surface area contributed by atoms with Crippen molar-refractivity contribution in [2.24, 2.45) is 0 Å². The van der Waals surface area contributed by atoms with Gasteiger partial charge in [-0.25, -0.2) is 4.98 Å². The molecular formula is C13H19F3N4S. The van der Waals surface area contributed by atoms with Gasteiger partial charge in [-0.05, 0) is 13.3 Å². The Bertz CT molecular complexity index is 481. The van der Waals surface area contributed by atoms with Crippen molar-refractivity contribution in [1.82, 2.24) is 9.97 Å². The van der Waals surface area contributed by atoms with E-state index in [4.69, 9.17) is 0 Å². The van der Waals surface area contributed by atoms with Crippen molar-refractivity contribution in [2.45, 2.75) is 32.5 Å². The van der Waals surface area contributed by atoms with Gasteiger partial charge >= 0.3 is 6.18 Å². The minimum Gasteiger partial charge on any atom is -0.354 e. The van der Waals surface area contributed by atoms with E-state index in [9.17, 15) is 13.2 Å². The molecule has 4 nitrogen and oxygen atoms in total. The molecule has 1 aromatic rings. The van der Waals surface area contributed by atoms with Crippen LogP contribution in [-0.4, -0.2) is 40.6 Å². The summed E-state index contributed by atoms with van der Waals surface area (Å²) in [5, 5.41) is 2.85. The van der Waals surface area contributed by atoms with E-state index < -0.39 is 11.9 Å². The fourth-order valence-electron chi connectivity index (χ4n) is 2.11. The number of hydrogen-bond donors (Lipinski definition) is 1. The third-order valence-electron chi connectivity index (χ3n) is 3.20. The van der Waals surface area contributed by atoms with Crippen LogP contribution < -0.4 is 10.2 Å². The lowest BCUT2D eigenvalue weighted by molar-refractivity contribution is -0.141. The van der Waals surface area contributed by atoms with Gasteiger partial charge in [-0.3, -0.25) is 0 Å². The van der Waals surface area contributed by atoms with Gasteiger partial charge in [-0.2, -0.15) is 29.9 Å². The van der Waals surface area contributed by atoms with Gasteiger partial charge in [0.25, 0.3) is 0 Å². The molecule has 1 fully saturated rings. The predicted molar refractivity (Wildman–Crippen MR) is 79.9 cm³/mol. The Morgan fingerprint density at radius 3 is 2.81 bits per heavy atom. The molecule has 1 aliphatic rings. The highest BCUT2D eigenvalue weighted by molar-refractivity contribution is 7.99. The molecule has 118 valence electrons. The summed E-state index contributed by atoms with van der Waals surface area (Å²) < 4.78 is 39.0. The summed E-state index contributed by atoms with van der Waals surface area (Å²) in [6, 6.07) is 1.21. The van der Waals surface area contributed by atoms with Crippen molar-refractivity contribution in [3.63, 3.8) is 0 Å². The average Bonchev–Trinajstić information content (AvgIpc) is 2.44. The third-order valence-corrected chi connectivity index (χ3v) is 4.39. The Kier molecular flexibility index (Phi) is 5.18. The fourth-order valence-corrected chi connectivity index (χ4v) is 3.12. The normalized spacial score (nSPS) is 19.7. The maximum atomic E-state index is 13.0. The van der Waals surface area contributed by atoms with Crippen molar-refractivity contribution in [3.8, 4) is 0 Å². The molecule has 1 aromatic heterocycles. The van der Waals surface area contributed by atoms with E-state index in [1.54, 1.807) is 11.8 Å². The molecule has 1 saturated heterocycles. The first-order chi connectivity index (χ1) is 9.91. The van der Waals surface area contributed by atoms with Crippen LogP contribution in [0.4, 0.5) is 24.9 Å². The van der Waals surface area contributed by atoms with Gasteiger partial charge in [0.1, 0.15) is 5.82 Å². The van der Waals surface area contributed by atoms with Crippen molar-refractivity contribution in [2.75, 3.05) is 34.8 Å². The molecule has 0 bridgehead atoms. The average molecular weight is 320 g/mol. The molecule has 1 unspecified atom stereocenters. The van der Waals surface area contributed by atoms with Crippen LogP contribution in [-0.2, 0) is 6.18 Å². The minimum absolute atomic E-state index is 0.0482. The number of hydrogen-bond acceptors (Lipinski definition) is 5. The molecule has 1 aliphatic heterocycles. The molecule has 2 heterocycles. The summed E-state index contributed by atoms with van der Waals surface area (Å²) in [6.07, 6.45) is -3.67. The molecule has 1 atom stereocenters. The van der Waals surface area contributed by atoms with E-state index in [0.717, 1.165) is 24.0 Å². The lowest BCUT2D eigenvalue weighted by Gasteiger charge is -2.34. The number of rotatable bonds is 4. The lowest BCUT2D eigenvalue weighted by atomic mass is 10.3. The van der Waals surface area contributed by atoms with Gasteiger partial charge < -0.3 is 10.2 Å². The highest BCUT2D eigenvalue weighted by atomic mass is 32.2. The van der Waals surface area contributed by atoms with E-state index in [1.807, 2.05) is 18.7 Å². The molecule has 0 aromatic carbocycles. The Morgan fingerprint density at radius 1 is 1.43 bits per heavy atom. The van der Waals surface area contributed by atoms with Crippen LogP contribution >= 0.6 is 11.8 Å². The van der Waals surface area contributed by atoms with E-state index in [0.29, 0.717) is 18.9 Å². The number of aromatic nitrogens is 2. The van der Waals surface area contributed by atoms with Gasteiger partial charge in [0.05, 0.1) is 0 Å². The summed E-state index contributed by atoms with van der Waals surface area (Å²) in [4.78, 5) is 9.76. The van der Waals surface area contributed by atoms with Gasteiger partial charge in [0.2, 0.25) is 5.95 Å². The first-order valence-corrected chi connectivity index (χ1v) is 8.12. The number of nitrogens with zero attached hydrogens (tertiary/aromatic N) is 3. The Morgan fingerprint density at radius 2 is 2.19 bits per heavy atom. The molecule has 8 heteroatoms. The van der Waals surface area contributed by atoms with Crippen molar-refractivity contribution >= 4 is 23.5 Å². The molecule has 0 spiro atoms. The van der Waals surface area contributed by atoms with E-state index >= 15 is 0 Å². The molecule has 0 amide bonds. The topological polar surface area (TPSA) is 41.1 Å². The van der Waals surface area contributed by atoms with Crippen LogP contribution in [0.1, 0.15) is 26.0 Å². The van der Waals surface area contributed by atoms with E-state index in [1.165, 1.54) is 0 Å². The summed E-state index contributed by atoms with van der Waals surface area (Å²) in [6.45, 7) is 5.19. The largest absolute Gasteiger partial charge is 0.433 e. The molecular weight excluding hydrogens is 301 g/mol. The summed E-state index contributed by atoms with van der Waals surface area (Å²) in [5.74, 6) is 2.19. The number of alkyl halides is 3. The maximum Gasteiger partial charge on any atom is 0.433 e. The molecule has 1 N–H and O–H groups in total. The molecule has 21 heavy (non-hydrogen) atoms. The van der Waals surface area contributed by atoms with Crippen LogP contribution in [0.25, 0.3) is 0 Å². The van der Waals surface area contributed by atoms with Gasteiger partial charge in [0, 0.05) is 36.7 Å². The second kappa shape index (κ2) is 6.72. The first-order valence-electron chi connectivity index (χ1n) is 6.96. The number of thioether (sulfide) groups is 1. The van der Waals surface area contributed by atoms with E-state index in [2.05, 4.69) is 15.3 Å². The molecule has 2 rings (SSSR count). The van der Waals surface area contributed by atoms with Crippen LogP contribution in [0.2, 0.25) is 0 Å².